The van der Waals surface area contributed by atoms with Gasteiger partial charge in [-0.1, -0.05) is 12.8 Å². The lowest BCUT2D eigenvalue weighted by molar-refractivity contribution is -0.132. The molecule has 0 radical (unpaired) electrons. The molecule has 1 aromatic rings. The molecule has 2 aliphatic rings. The molecular formula is C17H25N3O2. The number of hydrogen-bond acceptors (Lipinski definition) is 4. The van der Waals surface area contributed by atoms with Crippen LogP contribution in [-0.2, 0) is 17.6 Å². The van der Waals surface area contributed by atoms with Crippen molar-refractivity contribution in [3.05, 3.63) is 17.6 Å². The fraction of sp³-hybridized carbons (Fsp3) is 0.706. The van der Waals surface area contributed by atoms with E-state index in [9.17, 15) is 4.79 Å². The van der Waals surface area contributed by atoms with Crippen molar-refractivity contribution in [1.82, 2.24) is 14.9 Å². The summed E-state index contributed by atoms with van der Waals surface area (Å²) in [6.07, 6.45) is 8.91. The lowest BCUT2D eigenvalue weighted by Crippen LogP contribution is -2.34. The molecule has 1 aliphatic heterocycles. The molecule has 0 N–H and O–H groups in total. The largest absolute Gasteiger partial charge is 0.478 e. The van der Waals surface area contributed by atoms with E-state index >= 15 is 0 Å². The summed E-state index contributed by atoms with van der Waals surface area (Å²) in [4.78, 5) is 23.2. The molecular weight excluding hydrogens is 278 g/mol. The Bertz CT molecular complexity index is 527. The van der Waals surface area contributed by atoms with Crippen molar-refractivity contribution in [2.45, 2.75) is 51.9 Å². The van der Waals surface area contributed by atoms with Crippen molar-refractivity contribution in [2.75, 3.05) is 19.7 Å². The Kier molecular flexibility index (Phi) is 4.90. The van der Waals surface area contributed by atoms with Crippen LogP contribution in [0.2, 0.25) is 0 Å². The second kappa shape index (κ2) is 7.07. The summed E-state index contributed by atoms with van der Waals surface area (Å²) in [6, 6.07) is 0. The molecule has 1 fully saturated rings. The number of ether oxygens (including phenoxy) is 1. The fourth-order valence-electron chi connectivity index (χ4n) is 3.60. The number of carbonyl (C=O) groups excluding carboxylic acids is 1. The average Bonchev–Trinajstić information content (AvgIpc) is 2.92. The van der Waals surface area contributed by atoms with Crippen molar-refractivity contribution >= 4 is 5.91 Å². The minimum absolute atomic E-state index is 0.311. The zero-order chi connectivity index (χ0) is 15.4. The van der Waals surface area contributed by atoms with E-state index in [-0.39, 0.29) is 0 Å². The molecule has 0 aromatic carbocycles. The highest BCUT2D eigenvalue weighted by atomic mass is 16.5. The van der Waals surface area contributed by atoms with Crippen LogP contribution in [0, 0.1) is 5.92 Å². The summed E-state index contributed by atoms with van der Waals surface area (Å²) in [6.45, 7) is 4.09. The summed E-state index contributed by atoms with van der Waals surface area (Å²) in [5, 5.41) is 0. The number of hydrogen-bond donors (Lipinski definition) is 0. The maximum Gasteiger partial charge on any atom is 0.222 e. The number of fused-ring (bicyclic) bond motifs is 1. The first-order chi connectivity index (χ1) is 10.8. The van der Waals surface area contributed by atoms with Crippen LogP contribution < -0.4 is 4.74 Å². The van der Waals surface area contributed by atoms with Crippen molar-refractivity contribution < 1.29 is 9.53 Å². The predicted octanol–water partition coefficient (Wildman–Crippen LogP) is 2.38. The molecule has 1 saturated carbocycles. The molecule has 0 spiro atoms. The molecule has 1 aliphatic carbocycles. The summed E-state index contributed by atoms with van der Waals surface area (Å²) in [7, 11) is 0. The second-order valence-electron chi connectivity index (χ2n) is 6.27. The van der Waals surface area contributed by atoms with Crippen LogP contribution in [0.25, 0.3) is 0 Å². The van der Waals surface area contributed by atoms with Gasteiger partial charge in [-0.2, -0.15) is 0 Å². The third kappa shape index (κ3) is 3.39. The Balaban J connectivity index is 1.65. The van der Waals surface area contributed by atoms with E-state index in [1.807, 2.05) is 11.8 Å². The van der Waals surface area contributed by atoms with Gasteiger partial charge in [-0.15, -0.1) is 0 Å². The molecule has 0 unspecified atom stereocenters. The quantitative estimate of drug-likeness (QED) is 0.857. The van der Waals surface area contributed by atoms with Crippen molar-refractivity contribution in [3.63, 3.8) is 0 Å². The topological polar surface area (TPSA) is 55.3 Å². The van der Waals surface area contributed by atoms with Gasteiger partial charge in [0.15, 0.2) is 0 Å². The minimum atomic E-state index is 0.311. The molecule has 0 saturated heterocycles. The van der Waals surface area contributed by atoms with Gasteiger partial charge in [0.1, 0.15) is 6.33 Å². The number of rotatable bonds is 4. The van der Waals surface area contributed by atoms with E-state index in [1.54, 1.807) is 6.33 Å². The Labute approximate surface area is 132 Å². The first-order valence-corrected chi connectivity index (χ1v) is 8.51. The SMILES string of the molecule is CCOc1ncnc2c1CCN(C(=O)CC1CCCC1)CC2. The van der Waals surface area contributed by atoms with E-state index in [1.165, 1.54) is 25.7 Å². The van der Waals surface area contributed by atoms with Gasteiger partial charge in [-0.25, -0.2) is 9.97 Å². The summed E-state index contributed by atoms with van der Waals surface area (Å²) in [5.41, 5.74) is 2.12. The molecule has 0 bridgehead atoms. The predicted molar refractivity (Wildman–Crippen MR) is 83.8 cm³/mol. The number of aromatic nitrogens is 2. The zero-order valence-corrected chi connectivity index (χ0v) is 13.4. The lowest BCUT2D eigenvalue weighted by Gasteiger charge is -2.22. The van der Waals surface area contributed by atoms with Gasteiger partial charge in [0.25, 0.3) is 0 Å². The Morgan fingerprint density at radius 2 is 2.05 bits per heavy atom. The number of nitrogens with zero attached hydrogens (tertiary/aromatic N) is 3. The minimum Gasteiger partial charge on any atom is -0.478 e. The lowest BCUT2D eigenvalue weighted by atomic mass is 10.0. The molecule has 1 amide bonds. The van der Waals surface area contributed by atoms with Crippen molar-refractivity contribution in [3.8, 4) is 5.88 Å². The number of carbonyl (C=O) groups is 1. The third-order valence-electron chi connectivity index (χ3n) is 4.82. The number of amides is 1. The molecule has 120 valence electrons. The average molecular weight is 303 g/mol. The normalized spacial score (nSPS) is 18.9. The summed E-state index contributed by atoms with van der Waals surface area (Å²) >= 11 is 0. The summed E-state index contributed by atoms with van der Waals surface area (Å²) < 4.78 is 5.61. The molecule has 22 heavy (non-hydrogen) atoms. The van der Waals surface area contributed by atoms with Crippen molar-refractivity contribution in [2.24, 2.45) is 5.92 Å². The van der Waals surface area contributed by atoms with Crippen LogP contribution in [0.1, 0.15) is 50.3 Å². The van der Waals surface area contributed by atoms with E-state index in [2.05, 4.69) is 9.97 Å². The first-order valence-electron chi connectivity index (χ1n) is 8.51. The molecule has 2 heterocycles. The molecule has 0 atom stereocenters. The van der Waals surface area contributed by atoms with E-state index in [0.29, 0.717) is 24.3 Å². The molecule has 5 heteroatoms. The van der Waals surface area contributed by atoms with Gasteiger partial charge in [-0.3, -0.25) is 4.79 Å². The van der Waals surface area contributed by atoms with E-state index in [0.717, 1.165) is 43.6 Å². The van der Waals surface area contributed by atoms with Crippen molar-refractivity contribution in [1.29, 1.82) is 0 Å². The van der Waals surface area contributed by atoms with E-state index in [4.69, 9.17) is 4.74 Å². The maximum atomic E-state index is 12.5. The standard InChI is InChI=1S/C17H25N3O2/c1-2-22-17-14-7-9-20(10-8-15(14)18-12-19-17)16(21)11-13-5-3-4-6-13/h12-13H,2-11H2,1H3. The Hall–Kier alpha value is -1.65. The van der Waals surface area contributed by atoms with Gasteiger partial charge in [0, 0.05) is 31.5 Å². The third-order valence-corrected chi connectivity index (χ3v) is 4.82. The van der Waals surface area contributed by atoms with Gasteiger partial charge in [0.05, 0.1) is 12.3 Å². The van der Waals surface area contributed by atoms with Crippen LogP contribution in [-0.4, -0.2) is 40.5 Å². The zero-order valence-electron chi connectivity index (χ0n) is 13.4. The van der Waals surface area contributed by atoms with Crippen LogP contribution in [0.4, 0.5) is 0 Å². The van der Waals surface area contributed by atoms with E-state index < -0.39 is 0 Å². The van der Waals surface area contributed by atoms with Crippen LogP contribution in [0.5, 0.6) is 5.88 Å². The highest BCUT2D eigenvalue weighted by Gasteiger charge is 2.25. The monoisotopic (exact) mass is 303 g/mol. The first kappa shape index (κ1) is 15.3. The fourth-order valence-corrected chi connectivity index (χ4v) is 3.60. The highest BCUT2D eigenvalue weighted by molar-refractivity contribution is 5.76. The Morgan fingerprint density at radius 1 is 1.27 bits per heavy atom. The second-order valence-corrected chi connectivity index (χ2v) is 6.27. The molecule has 5 nitrogen and oxygen atoms in total. The van der Waals surface area contributed by atoms with Crippen LogP contribution in [0.15, 0.2) is 6.33 Å². The van der Waals surface area contributed by atoms with Crippen LogP contribution >= 0.6 is 0 Å². The van der Waals surface area contributed by atoms with Gasteiger partial charge >= 0.3 is 0 Å². The summed E-state index contributed by atoms with van der Waals surface area (Å²) in [5.74, 6) is 1.61. The van der Waals surface area contributed by atoms with Gasteiger partial charge < -0.3 is 9.64 Å². The smallest absolute Gasteiger partial charge is 0.222 e. The highest BCUT2D eigenvalue weighted by Crippen LogP contribution is 2.29. The van der Waals surface area contributed by atoms with Crippen LogP contribution in [0.3, 0.4) is 0 Å². The van der Waals surface area contributed by atoms with Gasteiger partial charge in [-0.05, 0) is 32.1 Å². The van der Waals surface area contributed by atoms with Gasteiger partial charge in [0.2, 0.25) is 11.8 Å². The Morgan fingerprint density at radius 3 is 2.82 bits per heavy atom. The molecule has 3 rings (SSSR count). The maximum absolute atomic E-state index is 12.5. The molecule has 1 aromatic heterocycles.